The van der Waals surface area contributed by atoms with Crippen molar-refractivity contribution in [3.8, 4) is 0 Å². The molecule has 0 atom stereocenters. The molecule has 0 aromatic heterocycles. The number of hydrogen-bond acceptors (Lipinski definition) is 2. The van der Waals surface area contributed by atoms with Gasteiger partial charge in [-0.3, -0.25) is 9.59 Å². The zero-order valence-corrected chi connectivity index (χ0v) is 21.2. The Hall–Kier alpha value is -1.84. The predicted octanol–water partition coefficient (Wildman–Crippen LogP) is 8.31. The lowest BCUT2D eigenvalue weighted by Gasteiger charge is -2.18. The van der Waals surface area contributed by atoms with E-state index in [9.17, 15) is 9.59 Å². The summed E-state index contributed by atoms with van der Waals surface area (Å²) in [5.74, 6) is -0.801. The van der Waals surface area contributed by atoms with E-state index < -0.39 is 11.9 Å². The first kappa shape index (κ1) is 29.2. The van der Waals surface area contributed by atoms with Crippen LogP contribution in [0.4, 0.5) is 0 Å². The molecule has 0 aliphatic rings. The highest BCUT2D eigenvalue weighted by molar-refractivity contribution is 5.66. The molecule has 0 unspecified atom stereocenters. The largest absolute Gasteiger partial charge is 0.481 e. The lowest BCUT2D eigenvalue weighted by Crippen LogP contribution is -2.03. The van der Waals surface area contributed by atoms with Crippen LogP contribution < -0.4 is 0 Å². The third-order valence-corrected chi connectivity index (χ3v) is 6.59. The molecule has 4 heteroatoms. The number of aryl methyl sites for hydroxylation is 1. The van der Waals surface area contributed by atoms with E-state index in [1.165, 1.54) is 75.3 Å². The maximum absolute atomic E-state index is 10.6. The molecule has 2 N–H and O–H groups in total. The number of rotatable bonds is 21. The third-order valence-electron chi connectivity index (χ3n) is 6.59. The molecule has 33 heavy (non-hydrogen) atoms. The lowest BCUT2D eigenvalue weighted by atomic mass is 9.88. The van der Waals surface area contributed by atoms with Crippen molar-refractivity contribution in [3.63, 3.8) is 0 Å². The summed E-state index contributed by atoms with van der Waals surface area (Å²) in [6.45, 7) is 4.59. The Labute approximate surface area is 202 Å². The van der Waals surface area contributed by atoms with Gasteiger partial charge in [0.25, 0.3) is 0 Å². The number of unbranched alkanes of at least 4 members (excludes halogenated alkanes) is 12. The normalized spacial score (nSPS) is 11.2. The molecular weight excluding hydrogens is 412 g/mol. The number of benzene rings is 1. The number of carboxylic acid groups (broad SMARTS) is 2. The van der Waals surface area contributed by atoms with Crippen LogP contribution >= 0.6 is 0 Å². The summed E-state index contributed by atoms with van der Waals surface area (Å²) in [5.41, 5.74) is 4.64. The zero-order chi connectivity index (χ0) is 24.3. The number of hydrogen-bond donors (Lipinski definition) is 2. The molecule has 0 bridgehead atoms. The summed E-state index contributed by atoms with van der Waals surface area (Å²) in [6, 6.07) is 6.87. The second kappa shape index (κ2) is 18.6. The van der Waals surface area contributed by atoms with E-state index in [1.807, 2.05) is 0 Å². The molecule has 0 saturated carbocycles. The van der Waals surface area contributed by atoms with Crippen molar-refractivity contribution in [1.29, 1.82) is 0 Å². The fourth-order valence-electron chi connectivity index (χ4n) is 4.67. The second-order valence-electron chi connectivity index (χ2n) is 9.88. The Morgan fingerprint density at radius 1 is 0.636 bits per heavy atom. The van der Waals surface area contributed by atoms with E-state index in [4.69, 9.17) is 10.2 Å². The van der Waals surface area contributed by atoms with Crippen molar-refractivity contribution in [2.45, 2.75) is 135 Å². The van der Waals surface area contributed by atoms with Crippen LogP contribution in [0.5, 0.6) is 0 Å². The van der Waals surface area contributed by atoms with Crippen LogP contribution in [-0.4, -0.2) is 22.2 Å². The van der Waals surface area contributed by atoms with Crippen molar-refractivity contribution >= 4 is 11.9 Å². The molecule has 0 aliphatic heterocycles. The standard InChI is InChI=1S/C29H48O4/c1-24(2)26-21-17-19-25(18-13-9-5-3-7-11-15-22-28(30)31)27(26)20-14-10-6-4-8-12-16-23-29(32)33/h17,19,21,24H,3-16,18,20,22-23H2,1-2H3,(H,30,31)(H,32,33). The monoisotopic (exact) mass is 460 g/mol. The van der Waals surface area contributed by atoms with Gasteiger partial charge in [-0.15, -0.1) is 0 Å². The van der Waals surface area contributed by atoms with Crippen LogP contribution in [0, 0.1) is 0 Å². The molecule has 4 nitrogen and oxygen atoms in total. The number of aliphatic carboxylic acids is 2. The predicted molar refractivity (Wildman–Crippen MR) is 137 cm³/mol. The van der Waals surface area contributed by atoms with Crippen molar-refractivity contribution in [2.24, 2.45) is 0 Å². The van der Waals surface area contributed by atoms with Gasteiger partial charge in [0.05, 0.1) is 0 Å². The summed E-state index contributed by atoms with van der Waals surface area (Å²) in [4.78, 5) is 21.1. The van der Waals surface area contributed by atoms with Crippen LogP contribution in [0.15, 0.2) is 18.2 Å². The topological polar surface area (TPSA) is 74.6 Å². The molecule has 0 radical (unpaired) electrons. The number of carboxylic acids is 2. The van der Waals surface area contributed by atoms with Gasteiger partial charge in [0.15, 0.2) is 0 Å². The highest BCUT2D eigenvalue weighted by Crippen LogP contribution is 2.26. The first-order valence-corrected chi connectivity index (χ1v) is 13.5. The zero-order valence-electron chi connectivity index (χ0n) is 21.2. The molecule has 0 saturated heterocycles. The van der Waals surface area contributed by atoms with Crippen molar-refractivity contribution in [1.82, 2.24) is 0 Å². The van der Waals surface area contributed by atoms with Crippen LogP contribution in [0.25, 0.3) is 0 Å². The fourth-order valence-corrected chi connectivity index (χ4v) is 4.67. The van der Waals surface area contributed by atoms with Gasteiger partial charge in [-0.1, -0.05) is 96.3 Å². The second-order valence-corrected chi connectivity index (χ2v) is 9.88. The SMILES string of the molecule is CC(C)c1cccc(CCCCCCCCCC(=O)O)c1CCCCCCCCCC(=O)O. The highest BCUT2D eigenvalue weighted by Gasteiger charge is 2.11. The lowest BCUT2D eigenvalue weighted by molar-refractivity contribution is -0.138. The van der Waals surface area contributed by atoms with Crippen molar-refractivity contribution < 1.29 is 19.8 Å². The van der Waals surface area contributed by atoms with E-state index in [0.29, 0.717) is 18.8 Å². The molecule has 1 rings (SSSR count). The van der Waals surface area contributed by atoms with Crippen molar-refractivity contribution in [3.05, 3.63) is 34.9 Å². The molecule has 188 valence electrons. The Morgan fingerprint density at radius 2 is 1.06 bits per heavy atom. The molecule has 0 aliphatic carbocycles. The summed E-state index contributed by atoms with van der Waals surface area (Å²) in [7, 11) is 0. The average molecular weight is 461 g/mol. The molecule has 1 aromatic carbocycles. The number of carbonyl (C=O) groups is 2. The van der Waals surface area contributed by atoms with Crippen LogP contribution in [0.2, 0.25) is 0 Å². The van der Waals surface area contributed by atoms with E-state index in [-0.39, 0.29) is 0 Å². The smallest absolute Gasteiger partial charge is 0.303 e. The maximum Gasteiger partial charge on any atom is 0.303 e. The van der Waals surface area contributed by atoms with Crippen LogP contribution in [0.3, 0.4) is 0 Å². The fraction of sp³-hybridized carbons (Fsp3) is 0.724. The summed E-state index contributed by atoms with van der Waals surface area (Å²) in [5, 5.41) is 17.4. The van der Waals surface area contributed by atoms with E-state index >= 15 is 0 Å². The molecule has 1 aromatic rings. The molecule has 0 amide bonds. The Bertz CT molecular complexity index is 666. The van der Waals surface area contributed by atoms with Crippen LogP contribution in [0.1, 0.15) is 139 Å². The molecule has 0 spiro atoms. The molecule has 0 heterocycles. The van der Waals surface area contributed by atoms with Gasteiger partial charge in [-0.2, -0.15) is 0 Å². The maximum atomic E-state index is 10.6. The van der Waals surface area contributed by atoms with Gasteiger partial charge in [0.1, 0.15) is 0 Å². The minimum absolute atomic E-state index is 0.307. The van der Waals surface area contributed by atoms with E-state index in [1.54, 1.807) is 5.56 Å². The van der Waals surface area contributed by atoms with Gasteiger partial charge in [-0.25, -0.2) is 0 Å². The highest BCUT2D eigenvalue weighted by atomic mass is 16.4. The van der Waals surface area contributed by atoms with Gasteiger partial charge < -0.3 is 10.2 Å². The molecule has 0 fully saturated rings. The minimum atomic E-state index is -0.678. The summed E-state index contributed by atoms with van der Waals surface area (Å²) >= 11 is 0. The first-order valence-electron chi connectivity index (χ1n) is 13.5. The third kappa shape index (κ3) is 14.8. The Balaban J connectivity index is 2.31. The van der Waals surface area contributed by atoms with Gasteiger partial charge in [0, 0.05) is 12.8 Å². The molecular formula is C29H48O4. The Kier molecular flexibility index (Phi) is 16.4. The van der Waals surface area contributed by atoms with E-state index in [2.05, 4.69) is 32.0 Å². The van der Waals surface area contributed by atoms with Gasteiger partial charge in [-0.05, 0) is 61.1 Å². The van der Waals surface area contributed by atoms with Crippen LogP contribution in [-0.2, 0) is 22.4 Å². The first-order chi connectivity index (χ1) is 15.9. The quantitative estimate of drug-likeness (QED) is 0.181. The Morgan fingerprint density at radius 3 is 1.52 bits per heavy atom. The summed E-state index contributed by atoms with van der Waals surface area (Å²) < 4.78 is 0. The van der Waals surface area contributed by atoms with Gasteiger partial charge >= 0.3 is 11.9 Å². The van der Waals surface area contributed by atoms with Gasteiger partial charge in [0.2, 0.25) is 0 Å². The van der Waals surface area contributed by atoms with E-state index in [0.717, 1.165) is 38.5 Å². The summed E-state index contributed by atoms with van der Waals surface area (Å²) in [6.07, 6.45) is 18.9. The minimum Gasteiger partial charge on any atom is -0.481 e. The average Bonchev–Trinajstić information content (AvgIpc) is 2.76. The van der Waals surface area contributed by atoms with Crippen molar-refractivity contribution in [2.75, 3.05) is 0 Å².